The number of rotatable bonds is 6. The highest BCUT2D eigenvalue weighted by Gasteiger charge is 2.02. The molecule has 0 spiro atoms. The summed E-state index contributed by atoms with van der Waals surface area (Å²) in [7, 11) is 1.61. The Hall–Kier alpha value is -2.29. The molecule has 0 aromatic heterocycles. The van der Waals surface area contributed by atoms with Crippen LogP contribution >= 0.6 is 24.0 Å². The van der Waals surface area contributed by atoms with Crippen LogP contribution in [0.3, 0.4) is 0 Å². The molecule has 134 valence electrons. The maximum atomic E-state index is 11.0. The lowest BCUT2D eigenvalue weighted by molar-refractivity contribution is -0.114. The largest absolute Gasteiger partial charge is 0.495 e. The summed E-state index contributed by atoms with van der Waals surface area (Å²) in [5.74, 6) is 0.973. The lowest BCUT2D eigenvalue weighted by atomic mass is 10.1. The predicted molar refractivity (Wildman–Crippen MR) is 113 cm³/mol. The maximum Gasteiger partial charge on any atom is 0.221 e. The number of nitrogens with zero attached hydrogens (tertiary/aromatic N) is 1. The molecule has 7 heteroatoms. The van der Waals surface area contributed by atoms with E-state index in [0.29, 0.717) is 18.3 Å². The SMILES string of the molecule is COc1ccccc1NC(N)=NCCc1ccc(NC(C)=O)cc1.I. The number of para-hydroxylation sites is 2. The second-order valence-electron chi connectivity index (χ2n) is 5.22. The number of methoxy groups -OCH3 is 1. The highest BCUT2D eigenvalue weighted by Crippen LogP contribution is 2.22. The quantitative estimate of drug-likeness (QED) is 0.355. The molecule has 0 aliphatic heterocycles. The zero-order chi connectivity index (χ0) is 17.4. The molecule has 4 N–H and O–H groups in total. The molecule has 0 bridgehead atoms. The summed E-state index contributed by atoms with van der Waals surface area (Å²) in [6.07, 6.45) is 0.759. The standard InChI is InChI=1S/C18H22N4O2.HI/c1-13(23)21-15-9-7-14(8-10-15)11-12-20-18(19)22-16-5-3-4-6-17(16)24-2;/h3-10H,11-12H2,1-2H3,(H,21,23)(H3,19,20,22);1H. The smallest absolute Gasteiger partial charge is 0.221 e. The summed E-state index contributed by atoms with van der Waals surface area (Å²) < 4.78 is 5.26. The van der Waals surface area contributed by atoms with Crippen molar-refractivity contribution in [3.63, 3.8) is 0 Å². The summed E-state index contributed by atoms with van der Waals surface area (Å²) in [4.78, 5) is 15.3. The van der Waals surface area contributed by atoms with Crippen LogP contribution in [0.15, 0.2) is 53.5 Å². The summed E-state index contributed by atoms with van der Waals surface area (Å²) in [6, 6.07) is 15.2. The minimum atomic E-state index is -0.0810. The first kappa shape index (κ1) is 20.8. The van der Waals surface area contributed by atoms with Gasteiger partial charge in [0, 0.05) is 19.2 Å². The molecule has 25 heavy (non-hydrogen) atoms. The fraction of sp³-hybridized carbons (Fsp3) is 0.222. The van der Waals surface area contributed by atoms with Gasteiger partial charge in [-0.2, -0.15) is 0 Å². The Morgan fingerprint density at radius 1 is 1.12 bits per heavy atom. The van der Waals surface area contributed by atoms with Crippen LogP contribution in [0.5, 0.6) is 5.75 Å². The zero-order valence-corrected chi connectivity index (χ0v) is 16.6. The number of anilines is 2. The van der Waals surface area contributed by atoms with E-state index in [1.54, 1.807) is 7.11 Å². The first-order valence-electron chi connectivity index (χ1n) is 7.65. The number of aliphatic imine (C=N–C) groups is 1. The molecule has 2 aromatic carbocycles. The van der Waals surface area contributed by atoms with E-state index in [-0.39, 0.29) is 29.9 Å². The van der Waals surface area contributed by atoms with E-state index in [1.165, 1.54) is 6.92 Å². The molecular formula is C18H23IN4O2. The lowest BCUT2D eigenvalue weighted by Gasteiger charge is -2.10. The van der Waals surface area contributed by atoms with Crippen molar-refractivity contribution in [1.82, 2.24) is 0 Å². The van der Waals surface area contributed by atoms with Gasteiger partial charge in [-0.1, -0.05) is 24.3 Å². The summed E-state index contributed by atoms with van der Waals surface area (Å²) in [5.41, 5.74) is 8.59. The Morgan fingerprint density at radius 3 is 2.44 bits per heavy atom. The van der Waals surface area contributed by atoms with Crippen LogP contribution in [0.2, 0.25) is 0 Å². The number of nitrogens with two attached hydrogens (primary N) is 1. The van der Waals surface area contributed by atoms with Crippen LogP contribution in [-0.2, 0) is 11.2 Å². The van der Waals surface area contributed by atoms with E-state index >= 15 is 0 Å². The number of halogens is 1. The molecule has 0 unspecified atom stereocenters. The minimum absolute atomic E-state index is 0. The summed E-state index contributed by atoms with van der Waals surface area (Å²) in [6.45, 7) is 2.05. The van der Waals surface area contributed by atoms with Gasteiger partial charge in [-0.25, -0.2) is 0 Å². The molecule has 1 amide bonds. The van der Waals surface area contributed by atoms with Gasteiger partial charge in [-0.15, -0.1) is 24.0 Å². The second-order valence-corrected chi connectivity index (χ2v) is 5.22. The number of carbonyl (C=O) groups excluding carboxylic acids is 1. The van der Waals surface area contributed by atoms with Crippen LogP contribution in [0, 0.1) is 0 Å². The third kappa shape index (κ3) is 7.00. The molecule has 0 aliphatic carbocycles. The van der Waals surface area contributed by atoms with Crippen LogP contribution in [-0.4, -0.2) is 25.5 Å². The van der Waals surface area contributed by atoms with Crippen LogP contribution in [0.4, 0.5) is 11.4 Å². The average Bonchev–Trinajstić information content (AvgIpc) is 2.56. The van der Waals surface area contributed by atoms with Gasteiger partial charge in [0.05, 0.1) is 12.8 Å². The van der Waals surface area contributed by atoms with Gasteiger partial charge in [-0.05, 0) is 36.2 Å². The predicted octanol–water partition coefficient (Wildman–Crippen LogP) is 3.24. The van der Waals surface area contributed by atoms with Crippen molar-refractivity contribution in [3.8, 4) is 5.75 Å². The van der Waals surface area contributed by atoms with E-state index in [0.717, 1.165) is 23.4 Å². The fourth-order valence-corrected chi connectivity index (χ4v) is 2.19. The first-order chi connectivity index (χ1) is 11.6. The van der Waals surface area contributed by atoms with Crippen molar-refractivity contribution in [2.24, 2.45) is 10.7 Å². The van der Waals surface area contributed by atoms with Crippen LogP contribution in [0.25, 0.3) is 0 Å². The lowest BCUT2D eigenvalue weighted by Crippen LogP contribution is -2.23. The van der Waals surface area contributed by atoms with Gasteiger partial charge >= 0.3 is 0 Å². The molecule has 0 fully saturated rings. The normalized spacial score (nSPS) is 10.6. The molecular weight excluding hydrogens is 431 g/mol. The van der Waals surface area contributed by atoms with Crippen LogP contribution in [0.1, 0.15) is 12.5 Å². The Kier molecular flexibility index (Phi) is 8.76. The van der Waals surface area contributed by atoms with Crippen LogP contribution < -0.4 is 21.1 Å². The maximum absolute atomic E-state index is 11.0. The molecule has 0 aliphatic rings. The van der Waals surface area contributed by atoms with E-state index in [1.807, 2.05) is 48.5 Å². The second kappa shape index (κ2) is 10.5. The number of nitrogens with one attached hydrogen (secondary N) is 2. The number of carbonyl (C=O) groups is 1. The summed E-state index contributed by atoms with van der Waals surface area (Å²) >= 11 is 0. The van der Waals surface area contributed by atoms with Gasteiger partial charge in [0.25, 0.3) is 0 Å². The van der Waals surface area contributed by atoms with Gasteiger partial charge in [-0.3, -0.25) is 9.79 Å². The van der Waals surface area contributed by atoms with Crippen molar-refractivity contribution in [1.29, 1.82) is 0 Å². The molecule has 0 radical (unpaired) electrons. The van der Waals surface area contributed by atoms with Crippen molar-refractivity contribution < 1.29 is 9.53 Å². The summed E-state index contributed by atoms with van der Waals surface area (Å²) in [5, 5.41) is 5.77. The molecule has 6 nitrogen and oxygen atoms in total. The highest BCUT2D eigenvalue weighted by atomic mass is 127. The molecule has 0 heterocycles. The Balaban J connectivity index is 0.00000312. The van der Waals surface area contributed by atoms with Gasteiger partial charge in [0.15, 0.2) is 5.96 Å². The monoisotopic (exact) mass is 454 g/mol. The molecule has 2 rings (SSSR count). The van der Waals surface area contributed by atoms with Gasteiger partial charge in [0.2, 0.25) is 5.91 Å². The zero-order valence-electron chi connectivity index (χ0n) is 14.3. The van der Waals surface area contributed by atoms with Crippen molar-refractivity contribution in [2.75, 3.05) is 24.3 Å². The highest BCUT2D eigenvalue weighted by molar-refractivity contribution is 14.0. The fourth-order valence-electron chi connectivity index (χ4n) is 2.19. The molecule has 0 saturated heterocycles. The van der Waals surface area contributed by atoms with E-state index < -0.39 is 0 Å². The number of amides is 1. The minimum Gasteiger partial charge on any atom is -0.495 e. The Labute approximate surface area is 164 Å². The topological polar surface area (TPSA) is 88.7 Å². The third-order valence-corrected chi connectivity index (χ3v) is 3.33. The van der Waals surface area contributed by atoms with Crippen molar-refractivity contribution in [2.45, 2.75) is 13.3 Å². The van der Waals surface area contributed by atoms with E-state index in [2.05, 4.69) is 15.6 Å². The van der Waals surface area contributed by atoms with Gasteiger partial charge in [0.1, 0.15) is 5.75 Å². The number of ether oxygens (including phenoxy) is 1. The number of benzene rings is 2. The number of hydrogen-bond acceptors (Lipinski definition) is 3. The first-order valence-corrected chi connectivity index (χ1v) is 7.65. The average molecular weight is 454 g/mol. The van der Waals surface area contributed by atoms with Crippen molar-refractivity contribution in [3.05, 3.63) is 54.1 Å². The van der Waals surface area contributed by atoms with E-state index in [4.69, 9.17) is 10.5 Å². The van der Waals surface area contributed by atoms with Gasteiger partial charge < -0.3 is 21.1 Å². The number of hydrogen-bond donors (Lipinski definition) is 3. The Bertz CT molecular complexity index is 717. The molecule has 0 saturated carbocycles. The molecule has 2 aromatic rings. The third-order valence-electron chi connectivity index (χ3n) is 3.33. The Morgan fingerprint density at radius 2 is 1.80 bits per heavy atom. The number of guanidine groups is 1. The van der Waals surface area contributed by atoms with E-state index in [9.17, 15) is 4.79 Å². The molecule has 0 atom stereocenters. The van der Waals surface area contributed by atoms with Crippen molar-refractivity contribution >= 4 is 47.2 Å².